The maximum atomic E-state index is 12.3. The number of anilines is 1. The van der Waals surface area contributed by atoms with Gasteiger partial charge in [-0.15, -0.1) is 0 Å². The summed E-state index contributed by atoms with van der Waals surface area (Å²) in [5.41, 5.74) is 1.93. The SMILES string of the molecule is C[C@]1(O)C[C@@H](C(=O)Nc2nc3ccc(-c4cnc(CO[C@H]5CCC[C@@H]5O)nc4)cc3s2)C1. The van der Waals surface area contributed by atoms with Crippen molar-refractivity contribution < 1.29 is 19.7 Å². The number of benzene rings is 1. The van der Waals surface area contributed by atoms with Crippen molar-refractivity contribution >= 4 is 32.6 Å². The normalized spacial score (nSPS) is 27.4. The molecular weight excluding hydrogens is 428 g/mol. The Balaban J connectivity index is 1.24. The number of carbonyl (C=O) groups is 1. The number of amides is 1. The third-order valence-electron chi connectivity index (χ3n) is 6.24. The maximum Gasteiger partial charge on any atom is 0.229 e. The van der Waals surface area contributed by atoms with E-state index in [0.29, 0.717) is 23.8 Å². The van der Waals surface area contributed by atoms with Gasteiger partial charge >= 0.3 is 0 Å². The topological polar surface area (TPSA) is 117 Å². The van der Waals surface area contributed by atoms with Gasteiger partial charge in [0, 0.05) is 23.9 Å². The third-order valence-corrected chi connectivity index (χ3v) is 7.18. The first-order valence-electron chi connectivity index (χ1n) is 10.9. The molecule has 2 aliphatic rings. The van der Waals surface area contributed by atoms with E-state index >= 15 is 0 Å². The molecule has 5 rings (SSSR count). The van der Waals surface area contributed by atoms with Gasteiger partial charge < -0.3 is 20.3 Å². The van der Waals surface area contributed by atoms with E-state index in [1.165, 1.54) is 11.3 Å². The van der Waals surface area contributed by atoms with Crippen molar-refractivity contribution in [2.24, 2.45) is 5.92 Å². The van der Waals surface area contributed by atoms with Crippen LogP contribution in [0, 0.1) is 5.92 Å². The largest absolute Gasteiger partial charge is 0.390 e. The van der Waals surface area contributed by atoms with Crippen molar-refractivity contribution in [3.05, 3.63) is 36.4 Å². The van der Waals surface area contributed by atoms with Crippen molar-refractivity contribution in [3.8, 4) is 11.1 Å². The standard InChI is InChI=1S/C23H26N4O4S/c1-23(30)8-14(9-23)21(29)27-22-26-16-6-5-13(7-19(16)32-22)15-10-24-20(25-11-15)12-31-18-4-2-3-17(18)28/h5-7,10-11,14,17-18,28,30H,2-4,8-9,12H2,1H3,(H,26,27,29)/t14-,17-,18-,23+/m0/s1. The molecule has 2 saturated carbocycles. The molecule has 2 heterocycles. The highest BCUT2D eigenvalue weighted by atomic mass is 32.1. The summed E-state index contributed by atoms with van der Waals surface area (Å²) >= 11 is 1.42. The second-order valence-corrected chi connectivity index (χ2v) is 10.1. The first-order chi connectivity index (χ1) is 15.4. The smallest absolute Gasteiger partial charge is 0.229 e. The summed E-state index contributed by atoms with van der Waals surface area (Å²) in [6.07, 6.45) is 6.63. The van der Waals surface area contributed by atoms with Crippen LogP contribution in [-0.2, 0) is 16.1 Å². The minimum atomic E-state index is -0.730. The van der Waals surface area contributed by atoms with Gasteiger partial charge in [-0.1, -0.05) is 17.4 Å². The zero-order valence-electron chi connectivity index (χ0n) is 17.8. The number of nitrogens with one attached hydrogen (secondary N) is 1. The average Bonchev–Trinajstić information content (AvgIpc) is 3.35. The van der Waals surface area contributed by atoms with Gasteiger partial charge in [-0.3, -0.25) is 4.79 Å². The lowest BCUT2D eigenvalue weighted by atomic mass is 9.72. The molecule has 32 heavy (non-hydrogen) atoms. The van der Waals surface area contributed by atoms with Gasteiger partial charge in [0.2, 0.25) is 5.91 Å². The minimum Gasteiger partial charge on any atom is -0.390 e. The van der Waals surface area contributed by atoms with Crippen molar-refractivity contribution in [2.75, 3.05) is 5.32 Å². The molecule has 1 amide bonds. The summed E-state index contributed by atoms with van der Waals surface area (Å²) in [7, 11) is 0. The van der Waals surface area contributed by atoms with E-state index in [9.17, 15) is 15.0 Å². The molecule has 1 aromatic carbocycles. The lowest BCUT2D eigenvalue weighted by Gasteiger charge is -2.39. The van der Waals surface area contributed by atoms with E-state index in [1.54, 1.807) is 19.3 Å². The predicted octanol–water partition coefficient (Wildman–Crippen LogP) is 3.28. The first kappa shape index (κ1) is 21.4. The van der Waals surface area contributed by atoms with E-state index in [-0.39, 0.29) is 24.5 Å². The zero-order valence-corrected chi connectivity index (χ0v) is 18.6. The molecular formula is C23H26N4O4S. The number of ether oxygens (including phenoxy) is 1. The molecule has 0 aliphatic heterocycles. The quantitative estimate of drug-likeness (QED) is 0.523. The van der Waals surface area contributed by atoms with Gasteiger partial charge in [0.15, 0.2) is 11.0 Å². The number of hydrogen-bond donors (Lipinski definition) is 3. The van der Waals surface area contributed by atoms with Gasteiger partial charge in [-0.2, -0.15) is 0 Å². The summed E-state index contributed by atoms with van der Waals surface area (Å²) in [6.45, 7) is 2.04. The average molecular weight is 455 g/mol. The minimum absolute atomic E-state index is 0.0906. The fourth-order valence-electron chi connectivity index (χ4n) is 4.41. The Morgan fingerprint density at radius 3 is 2.72 bits per heavy atom. The van der Waals surface area contributed by atoms with Crippen LogP contribution in [0.3, 0.4) is 0 Å². The van der Waals surface area contributed by atoms with Crippen molar-refractivity contribution in [1.29, 1.82) is 0 Å². The first-order valence-corrected chi connectivity index (χ1v) is 11.7. The number of nitrogens with zero attached hydrogens (tertiary/aromatic N) is 3. The molecule has 2 atom stereocenters. The number of aromatic nitrogens is 3. The predicted molar refractivity (Wildman–Crippen MR) is 121 cm³/mol. The van der Waals surface area contributed by atoms with E-state index in [2.05, 4.69) is 20.3 Å². The molecule has 2 aliphatic carbocycles. The summed E-state index contributed by atoms with van der Waals surface area (Å²) in [6, 6.07) is 5.89. The van der Waals surface area contributed by atoms with Crippen LogP contribution < -0.4 is 5.32 Å². The fraction of sp³-hybridized carbons (Fsp3) is 0.478. The number of carbonyl (C=O) groups excluding carboxylic acids is 1. The molecule has 0 spiro atoms. The van der Waals surface area contributed by atoms with Crippen LogP contribution in [0.4, 0.5) is 5.13 Å². The Morgan fingerprint density at radius 1 is 1.25 bits per heavy atom. The van der Waals surface area contributed by atoms with Crippen molar-refractivity contribution in [2.45, 2.75) is 63.4 Å². The Labute approximate surface area is 189 Å². The number of fused-ring (bicyclic) bond motifs is 1. The summed E-state index contributed by atoms with van der Waals surface area (Å²) in [5, 5.41) is 23.1. The second-order valence-electron chi connectivity index (χ2n) is 9.03. The number of hydrogen-bond acceptors (Lipinski definition) is 8. The van der Waals surface area contributed by atoms with Crippen molar-refractivity contribution in [1.82, 2.24) is 15.0 Å². The lowest BCUT2D eigenvalue weighted by Crippen LogP contribution is -2.46. The van der Waals surface area contributed by atoms with E-state index in [1.807, 2.05) is 18.2 Å². The Kier molecular flexibility index (Phi) is 5.66. The monoisotopic (exact) mass is 454 g/mol. The highest BCUT2D eigenvalue weighted by molar-refractivity contribution is 7.22. The Morgan fingerprint density at radius 2 is 2.03 bits per heavy atom. The van der Waals surface area contributed by atoms with Crippen molar-refractivity contribution in [3.63, 3.8) is 0 Å². The second kappa shape index (κ2) is 8.47. The van der Waals surface area contributed by atoms with Gasteiger partial charge in [0.25, 0.3) is 0 Å². The van der Waals surface area contributed by atoms with Gasteiger partial charge in [0.05, 0.1) is 28.0 Å². The zero-order chi connectivity index (χ0) is 22.3. The molecule has 0 saturated heterocycles. The molecule has 0 unspecified atom stereocenters. The lowest BCUT2D eigenvalue weighted by molar-refractivity contribution is -0.133. The number of aliphatic hydroxyl groups excluding tert-OH is 1. The number of rotatable bonds is 6. The third kappa shape index (κ3) is 4.52. The molecule has 2 aromatic heterocycles. The molecule has 3 aromatic rings. The molecule has 2 fully saturated rings. The molecule has 8 nitrogen and oxygen atoms in total. The van der Waals surface area contributed by atoms with Crippen LogP contribution in [0.25, 0.3) is 21.3 Å². The highest BCUT2D eigenvalue weighted by Crippen LogP contribution is 2.38. The van der Waals surface area contributed by atoms with Crippen LogP contribution in [-0.4, -0.2) is 48.9 Å². The van der Waals surface area contributed by atoms with Crippen LogP contribution in [0.5, 0.6) is 0 Å². The molecule has 9 heteroatoms. The number of aliphatic hydroxyl groups is 2. The summed E-state index contributed by atoms with van der Waals surface area (Å²) in [5.74, 6) is 0.336. The van der Waals surface area contributed by atoms with E-state index < -0.39 is 11.7 Å². The highest BCUT2D eigenvalue weighted by Gasteiger charge is 2.42. The van der Waals surface area contributed by atoms with Gasteiger partial charge in [-0.05, 0) is 56.7 Å². The van der Waals surface area contributed by atoms with Gasteiger partial charge in [0.1, 0.15) is 6.61 Å². The van der Waals surface area contributed by atoms with E-state index in [0.717, 1.165) is 40.6 Å². The number of thiazole rings is 1. The summed E-state index contributed by atoms with van der Waals surface area (Å²) < 4.78 is 6.71. The maximum absolute atomic E-state index is 12.3. The van der Waals surface area contributed by atoms with Crippen LogP contribution >= 0.6 is 11.3 Å². The van der Waals surface area contributed by atoms with E-state index in [4.69, 9.17) is 4.74 Å². The van der Waals surface area contributed by atoms with Crippen LogP contribution in [0.15, 0.2) is 30.6 Å². The van der Waals surface area contributed by atoms with Crippen LogP contribution in [0.1, 0.15) is 44.9 Å². The molecule has 0 radical (unpaired) electrons. The molecule has 3 N–H and O–H groups in total. The molecule has 168 valence electrons. The Hall–Kier alpha value is -2.46. The molecule has 0 bridgehead atoms. The fourth-order valence-corrected chi connectivity index (χ4v) is 5.32. The van der Waals surface area contributed by atoms with Crippen LogP contribution in [0.2, 0.25) is 0 Å². The Bertz CT molecular complexity index is 1120. The summed E-state index contributed by atoms with van der Waals surface area (Å²) in [4.78, 5) is 25.7. The van der Waals surface area contributed by atoms with Gasteiger partial charge in [-0.25, -0.2) is 15.0 Å².